The van der Waals surface area contributed by atoms with E-state index in [-0.39, 0.29) is 11.3 Å². The minimum Gasteiger partial charge on any atom is -0.386 e. The SMILES string of the molecule is Cc1ccc(NC(=O)c2cc(C(C)(F)F)ccn2)cc1-c1cnc(N2CC(C)(O)C2)c(C#N)c1. The summed E-state index contributed by atoms with van der Waals surface area (Å²) < 4.78 is 27.2. The number of pyridine rings is 2. The van der Waals surface area contributed by atoms with Crippen LogP contribution in [-0.2, 0) is 5.92 Å². The maximum absolute atomic E-state index is 13.6. The summed E-state index contributed by atoms with van der Waals surface area (Å²) in [5.74, 6) is -3.19. The second-order valence-corrected chi connectivity index (χ2v) is 8.86. The number of benzene rings is 1. The zero-order valence-electron chi connectivity index (χ0n) is 18.9. The number of carbonyl (C=O) groups excluding carboxylic acids is 1. The lowest BCUT2D eigenvalue weighted by Crippen LogP contribution is -2.60. The Kier molecular flexibility index (Phi) is 5.79. The van der Waals surface area contributed by atoms with E-state index in [1.165, 1.54) is 12.3 Å². The summed E-state index contributed by atoms with van der Waals surface area (Å²) >= 11 is 0. The highest BCUT2D eigenvalue weighted by Crippen LogP contribution is 2.33. The van der Waals surface area contributed by atoms with Crippen LogP contribution in [0.15, 0.2) is 48.8 Å². The van der Waals surface area contributed by atoms with Crippen LogP contribution in [0.4, 0.5) is 20.3 Å². The first-order valence-electron chi connectivity index (χ1n) is 10.6. The minimum absolute atomic E-state index is 0.121. The Bertz CT molecular complexity index is 1300. The summed E-state index contributed by atoms with van der Waals surface area (Å²) in [4.78, 5) is 22.8. The van der Waals surface area contributed by atoms with E-state index in [1.807, 2.05) is 17.9 Å². The van der Waals surface area contributed by atoms with E-state index in [0.29, 0.717) is 35.7 Å². The average Bonchev–Trinajstić information content (AvgIpc) is 2.77. The third kappa shape index (κ3) is 4.72. The van der Waals surface area contributed by atoms with Crippen LogP contribution in [0.2, 0.25) is 0 Å². The van der Waals surface area contributed by atoms with Gasteiger partial charge in [-0.15, -0.1) is 0 Å². The molecule has 1 aromatic carbocycles. The van der Waals surface area contributed by atoms with Gasteiger partial charge in [-0.05, 0) is 55.3 Å². The van der Waals surface area contributed by atoms with Gasteiger partial charge in [0.05, 0.1) is 11.2 Å². The zero-order chi connectivity index (χ0) is 24.7. The Labute approximate surface area is 195 Å². The molecule has 0 aliphatic carbocycles. The number of aromatic nitrogens is 2. The number of β-amino-alcohol motifs (C(OH)–C–C–N with tert-alkyl or cyclic N) is 1. The number of aliphatic hydroxyl groups is 1. The molecule has 0 atom stereocenters. The molecule has 0 saturated carbocycles. The molecule has 2 N–H and O–H groups in total. The third-order valence-corrected chi connectivity index (χ3v) is 5.66. The van der Waals surface area contributed by atoms with Crippen molar-refractivity contribution in [3.63, 3.8) is 0 Å². The van der Waals surface area contributed by atoms with Crippen molar-refractivity contribution in [3.8, 4) is 17.2 Å². The molecular formula is C25H23F2N5O2. The number of amides is 1. The van der Waals surface area contributed by atoms with Crippen LogP contribution >= 0.6 is 0 Å². The Morgan fingerprint density at radius 1 is 1.24 bits per heavy atom. The predicted octanol–water partition coefficient (Wildman–Crippen LogP) is 4.26. The van der Waals surface area contributed by atoms with Gasteiger partial charge in [0.1, 0.15) is 17.6 Å². The van der Waals surface area contributed by atoms with E-state index in [4.69, 9.17) is 0 Å². The van der Waals surface area contributed by atoms with Crippen LogP contribution in [0.5, 0.6) is 0 Å². The summed E-state index contributed by atoms with van der Waals surface area (Å²) in [6.07, 6.45) is 2.82. The normalized spacial score (nSPS) is 14.8. The van der Waals surface area contributed by atoms with Crippen molar-refractivity contribution < 1.29 is 18.7 Å². The van der Waals surface area contributed by atoms with Gasteiger partial charge in [0.2, 0.25) is 0 Å². The lowest BCUT2D eigenvalue weighted by atomic mass is 9.95. The Balaban J connectivity index is 1.59. The highest BCUT2D eigenvalue weighted by atomic mass is 19.3. The minimum atomic E-state index is -3.08. The summed E-state index contributed by atoms with van der Waals surface area (Å²) in [5.41, 5.74) is 1.95. The molecule has 174 valence electrons. The fraction of sp³-hybridized carbons (Fsp3) is 0.280. The number of nitrogens with zero attached hydrogens (tertiary/aromatic N) is 4. The van der Waals surface area contributed by atoms with Crippen molar-refractivity contribution in [2.75, 3.05) is 23.3 Å². The molecule has 7 nitrogen and oxygen atoms in total. The average molecular weight is 463 g/mol. The molecule has 0 radical (unpaired) electrons. The van der Waals surface area contributed by atoms with E-state index in [2.05, 4.69) is 21.4 Å². The van der Waals surface area contributed by atoms with Crippen LogP contribution in [-0.4, -0.2) is 39.7 Å². The van der Waals surface area contributed by atoms with Crippen LogP contribution in [0, 0.1) is 18.3 Å². The number of halogens is 2. The summed E-state index contributed by atoms with van der Waals surface area (Å²) in [6, 6.07) is 11.4. The highest BCUT2D eigenvalue weighted by Gasteiger charge is 2.38. The first-order valence-corrected chi connectivity index (χ1v) is 10.6. The quantitative estimate of drug-likeness (QED) is 0.586. The summed E-state index contributed by atoms with van der Waals surface area (Å²) in [6.45, 7) is 5.17. The third-order valence-electron chi connectivity index (χ3n) is 5.66. The molecule has 3 heterocycles. The Hall–Kier alpha value is -3.90. The molecular weight excluding hydrogens is 440 g/mol. The van der Waals surface area contributed by atoms with Crippen molar-refractivity contribution in [2.45, 2.75) is 32.3 Å². The summed E-state index contributed by atoms with van der Waals surface area (Å²) in [7, 11) is 0. The van der Waals surface area contributed by atoms with Gasteiger partial charge in [0.25, 0.3) is 11.8 Å². The van der Waals surface area contributed by atoms with Crippen LogP contribution in [0.1, 0.15) is 41.0 Å². The Morgan fingerprint density at radius 3 is 2.62 bits per heavy atom. The van der Waals surface area contributed by atoms with Gasteiger partial charge in [-0.1, -0.05) is 6.07 Å². The molecule has 9 heteroatoms. The van der Waals surface area contributed by atoms with Gasteiger partial charge >= 0.3 is 0 Å². The first-order chi connectivity index (χ1) is 16.0. The number of nitriles is 1. The van der Waals surface area contributed by atoms with Crippen LogP contribution in [0.25, 0.3) is 11.1 Å². The van der Waals surface area contributed by atoms with E-state index in [0.717, 1.165) is 24.1 Å². The first kappa shape index (κ1) is 23.3. The molecule has 3 aromatic rings. The summed E-state index contributed by atoms with van der Waals surface area (Å²) in [5, 5.41) is 22.3. The number of carbonyl (C=O) groups is 1. The van der Waals surface area contributed by atoms with Gasteiger partial charge in [-0.2, -0.15) is 5.26 Å². The highest BCUT2D eigenvalue weighted by molar-refractivity contribution is 6.03. The fourth-order valence-corrected chi connectivity index (χ4v) is 3.90. The number of hydrogen-bond acceptors (Lipinski definition) is 6. The molecule has 0 spiro atoms. The maximum Gasteiger partial charge on any atom is 0.274 e. The number of anilines is 2. The van der Waals surface area contributed by atoms with Crippen molar-refractivity contribution in [3.05, 3.63) is 71.2 Å². The number of rotatable bonds is 5. The van der Waals surface area contributed by atoms with Crippen molar-refractivity contribution in [1.82, 2.24) is 9.97 Å². The van der Waals surface area contributed by atoms with E-state index in [1.54, 1.807) is 31.3 Å². The monoisotopic (exact) mass is 463 g/mol. The van der Waals surface area contributed by atoms with Gasteiger partial charge in [0, 0.05) is 49.2 Å². The molecule has 4 rings (SSSR count). The zero-order valence-corrected chi connectivity index (χ0v) is 18.9. The van der Waals surface area contributed by atoms with E-state index < -0.39 is 17.4 Å². The molecule has 1 fully saturated rings. The number of alkyl halides is 2. The predicted molar refractivity (Wildman–Crippen MR) is 124 cm³/mol. The van der Waals surface area contributed by atoms with E-state index in [9.17, 15) is 23.9 Å². The molecule has 2 aromatic heterocycles. The number of hydrogen-bond donors (Lipinski definition) is 2. The number of aryl methyl sites for hydroxylation is 1. The Morgan fingerprint density at radius 2 is 1.97 bits per heavy atom. The standard InChI is InChI=1S/C25H23F2N5O2/c1-15-4-5-19(31-23(33)21-9-18(6-7-29-21)25(3,26)27)10-20(15)17-8-16(11-28)22(30-12-17)32-13-24(2,34)14-32/h4-10,12,34H,13-14H2,1-3H3,(H,31,33). The van der Waals surface area contributed by atoms with Gasteiger partial charge in [-0.3, -0.25) is 9.78 Å². The van der Waals surface area contributed by atoms with Crippen LogP contribution < -0.4 is 10.2 Å². The van der Waals surface area contributed by atoms with Crippen molar-refractivity contribution in [1.29, 1.82) is 5.26 Å². The number of nitrogens with one attached hydrogen (secondary N) is 1. The lowest BCUT2D eigenvalue weighted by molar-refractivity contribution is 0.0173. The second-order valence-electron chi connectivity index (χ2n) is 8.86. The molecule has 1 saturated heterocycles. The molecule has 1 amide bonds. The maximum atomic E-state index is 13.6. The topological polar surface area (TPSA) is 102 Å². The molecule has 0 unspecified atom stereocenters. The molecule has 0 bridgehead atoms. The second kappa shape index (κ2) is 8.47. The van der Waals surface area contributed by atoms with Crippen LogP contribution in [0.3, 0.4) is 0 Å². The van der Waals surface area contributed by atoms with Gasteiger partial charge in [-0.25, -0.2) is 13.8 Å². The molecule has 34 heavy (non-hydrogen) atoms. The molecule has 1 aliphatic heterocycles. The van der Waals surface area contributed by atoms with Gasteiger partial charge < -0.3 is 15.3 Å². The van der Waals surface area contributed by atoms with E-state index >= 15 is 0 Å². The van der Waals surface area contributed by atoms with Crippen molar-refractivity contribution >= 4 is 17.4 Å². The van der Waals surface area contributed by atoms with Crippen molar-refractivity contribution in [2.24, 2.45) is 0 Å². The lowest BCUT2D eigenvalue weighted by Gasteiger charge is -2.45. The fourth-order valence-electron chi connectivity index (χ4n) is 3.90. The largest absolute Gasteiger partial charge is 0.386 e. The smallest absolute Gasteiger partial charge is 0.274 e. The van der Waals surface area contributed by atoms with Gasteiger partial charge in [0.15, 0.2) is 0 Å². The molecule has 1 aliphatic rings.